The first-order valence-corrected chi connectivity index (χ1v) is 4.57. The Labute approximate surface area is 89.7 Å². The number of nitrogens with zero attached hydrogens (tertiary/aromatic N) is 2. The van der Waals surface area contributed by atoms with E-state index in [9.17, 15) is 0 Å². The van der Waals surface area contributed by atoms with Gasteiger partial charge in [0.2, 0.25) is 0 Å². The summed E-state index contributed by atoms with van der Waals surface area (Å²) in [6, 6.07) is 4.31. The zero-order chi connectivity index (χ0) is 8.55. The third-order valence-electron chi connectivity index (χ3n) is 2.67. The van der Waals surface area contributed by atoms with E-state index in [1.807, 2.05) is 0 Å². The van der Waals surface area contributed by atoms with E-state index in [1.54, 1.807) is 0 Å². The minimum absolute atomic E-state index is 0. The average molecular weight is 243 g/mol. The number of fused-ring (bicyclic) bond motifs is 1. The second-order valence-corrected chi connectivity index (χ2v) is 3.25. The lowest BCUT2D eigenvalue weighted by Crippen LogP contribution is -3.00. The highest BCUT2D eigenvalue weighted by Gasteiger charge is 2.19. The Morgan fingerprint density at radius 1 is 1.54 bits per heavy atom. The van der Waals surface area contributed by atoms with Crippen LogP contribution in [0.25, 0.3) is 0 Å². The molecule has 0 aliphatic carbocycles. The van der Waals surface area contributed by atoms with Crippen LogP contribution in [0.2, 0.25) is 0 Å². The number of likely N-dealkylation sites (N-methyl/N-ethyl adjacent to an activating group) is 1. The first kappa shape index (κ1) is 10.5. The number of hydrogen-bond acceptors (Lipinski definition) is 0. The summed E-state index contributed by atoms with van der Waals surface area (Å²) in [5.74, 6) is 0. The van der Waals surface area contributed by atoms with Crippen molar-refractivity contribution in [2.75, 3.05) is 13.1 Å². The maximum absolute atomic E-state index is 2.43. The molecular formula is C10H15BrN2. The lowest BCUT2D eigenvalue weighted by atomic mass is 10.2. The molecule has 0 spiro atoms. The van der Waals surface area contributed by atoms with Crippen molar-refractivity contribution < 1.29 is 21.6 Å². The zero-order valence-electron chi connectivity index (χ0n) is 8.13. The molecule has 0 saturated heterocycles. The minimum atomic E-state index is 0. The standard InChI is InChI=1S/C10H15N2.BrH/c1-3-11-7-8-12-6-4-5-10(12)9(11)2;/h4-6H,3,7-8H2,1-2H3;1H/q+1;/p-1. The van der Waals surface area contributed by atoms with Crippen LogP contribution >= 0.6 is 0 Å². The molecule has 1 aromatic heterocycles. The van der Waals surface area contributed by atoms with Crippen LogP contribution < -0.4 is 17.0 Å². The highest BCUT2D eigenvalue weighted by molar-refractivity contribution is 5.93. The highest BCUT2D eigenvalue weighted by atomic mass is 79.9. The van der Waals surface area contributed by atoms with Crippen molar-refractivity contribution in [2.45, 2.75) is 20.4 Å². The van der Waals surface area contributed by atoms with Gasteiger partial charge >= 0.3 is 0 Å². The molecule has 0 saturated carbocycles. The molecule has 0 amide bonds. The number of rotatable bonds is 1. The smallest absolute Gasteiger partial charge is 0.196 e. The Morgan fingerprint density at radius 3 is 3.00 bits per heavy atom. The molecule has 2 rings (SSSR count). The molecule has 0 N–H and O–H groups in total. The molecule has 1 aliphatic heterocycles. The molecule has 0 radical (unpaired) electrons. The lowest BCUT2D eigenvalue weighted by Gasteiger charge is -2.14. The Balaban J connectivity index is 0.000000845. The third-order valence-corrected chi connectivity index (χ3v) is 2.67. The van der Waals surface area contributed by atoms with Gasteiger partial charge in [0.1, 0.15) is 12.2 Å². The van der Waals surface area contributed by atoms with Gasteiger partial charge in [-0.25, -0.2) is 4.58 Å². The molecule has 0 atom stereocenters. The van der Waals surface area contributed by atoms with E-state index in [-0.39, 0.29) is 17.0 Å². The summed E-state index contributed by atoms with van der Waals surface area (Å²) in [7, 11) is 0. The zero-order valence-corrected chi connectivity index (χ0v) is 9.71. The Bertz CT molecular complexity index is 325. The summed E-state index contributed by atoms with van der Waals surface area (Å²) in [6.07, 6.45) is 2.16. The maximum Gasteiger partial charge on any atom is 0.196 e. The minimum Gasteiger partial charge on any atom is -1.00 e. The lowest BCUT2D eigenvalue weighted by molar-refractivity contribution is -0.528. The molecule has 0 fully saturated rings. The van der Waals surface area contributed by atoms with Crippen molar-refractivity contribution in [3.63, 3.8) is 0 Å². The van der Waals surface area contributed by atoms with Gasteiger partial charge in [0.25, 0.3) is 0 Å². The second kappa shape index (κ2) is 4.09. The number of halogens is 1. The van der Waals surface area contributed by atoms with E-state index >= 15 is 0 Å². The topological polar surface area (TPSA) is 7.94 Å². The molecule has 1 aliphatic rings. The second-order valence-electron chi connectivity index (χ2n) is 3.25. The van der Waals surface area contributed by atoms with Crippen molar-refractivity contribution >= 4 is 5.71 Å². The van der Waals surface area contributed by atoms with Gasteiger partial charge in [0, 0.05) is 13.1 Å². The molecule has 2 heterocycles. The fourth-order valence-corrected chi connectivity index (χ4v) is 1.89. The van der Waals surface area contributed by atoms with Crippen LogP contribution in [0.15, 0.2) is 18.3 Å². The molecule has 0 aromatic carbocycles. The van der Waals surface area contributed by atoms with Crippen LogP contribution in [0.1, 0.15) is 19.5 Å². The van der Waals surface area contributed by atoms with Gasteiger partial charge in [-0.3, -0.25) is 0 Å². The summed E-state index contributed by atoms with van der Waals surface area (Å²) in [5.41, 5.74) is 2.79. The molecule has 13 heavy (non-hydrogen) atoms. The van der Waals surface area contributed by atoms with Crippen LogP contribution in [0.4, 0.5) is 0 Å². The van der Waals surface area contributed by atoms with Crippen molar-refractivity contribution in [3.8, 4) is 0 Å². The normalized spacial score (nSPS) is 15.2. The maximum atomic E-state index is 2.43. The summed E-state index contributed by atoms with van der Waals surface area (Å²) in [6.45, 7) is 7.82. The molecule has 2 nitrogen and oxygen atoms in total. The highest BCUT2D eigenvalue weighted by Crippen LogP contribution is 2.08. The molecule has 72 valence electrons. The largest absolute Gasteiger partial charge is 1.00 e. The van der Waals surface area contributed by atoms with Gasteiger partial charge in [0.15, 0.2) is 12.3 Å². The van der Waals surface area contributed by atoms with E-state index < -0.39 is 0 Å². The fraction of sp³-hybridized carbons (Fsp3) is 0.500. The van der Waals surface area contributed by atoms with Crippen LogP contribution in [0, 0.1) is 0 Å². The van der Waals surface area contributed by atoms with Crippen molar-refractivity contribution in [1.82, 2.24) is 4.57 Å². The van der Waals surface area contributed by atoms with E-state index in [0.717, 1.165) is 19.6 Å². The molecule has 3 heteroatoms. The first-order valence-electron chi connectivity index (χ1n) is 4.57. The summed E-state index contributed by atoms with van der Waals surface area (Å²) in [4.78, 5) is 0. The van der Waals surface area contributed by atoms with E-state index in [1.165, 1.54) is 11.4 Å². The van der Waals surface area contributed by atoms with Crippen LogP contribution in [0.5, 0.6) is 0 Å². The van der Waals surface area contributed by atoms with Gasteiger partial charge in [-0.15, -0.1) is 0 Å². The van der Waals surface area contributed by atoms with E-state index in [2.05, 4.69) is 41.3 Å². The Morgan fingerprint density at radius 2 is 2.31 bits per heavy atom. The van der Waals surface area contributed by atoms with Gasteiger partial charge < -0.3 is 21.5 Å². The molecule has 0 unspecified atom stereocenters. The van der Waals surface area contributed by atoms with Crippen molar-refractivity contribution in [1.29, 1.82) is 0 Å². The summed E-state index contributed by atoms with van der Waals surface area (Å²) in [5, 5.41) is 0. The fourth-order valence-electron chi connectivity index (χ4n) is 1.89. The number of aromatic nitrogens is 1. The quantitative estimate of drug-likeness (QED) is 0.522. The monoisotopic (exact) mass is 242 g/mol. The summed E-state index contributed by atoms with van der Waals surface area (Å²) >= 11 is 0. The first-order chi connectivity index (χ1) is 5.83. The molecule has 1 aromatic rings. The number of hydrogen-bond donors (Lipinski definition) is 0. The summed E-state index contributed by atoms with van der Waals surface area (Å²) < 4.78 is 4.75. The van der Waals surface area contributed by atoms with Crippen molar-refractivity contribution in [3.05, 3.63) is 24.0 Å². The molecule has 0 bridgehead atoms. The van der Waals surface area contributed by atoms with Crippen molar-refractivity contribution in [2.24, 2.45) is 0 Å². The van der Waals surface area contributed by atoms with Gasteiger partial charge in [-0.2, -0.15) is 0 Å². The predicted molar refractivity (Wildman–Crippen MR) is 49.9 cm³/mol. The van der Waals surface area contributed by atoms with Gasteiger partial charge in [0.05, 0.1) is 6.54 Å². The SMILES string of the molecule is CC[N+]1=C(C)c2cccn2CC1.[Br-]. The molecular weight excluding hydrogens is 228 g/mol. The third kappa shape index (κ3) is 1.70. The Hall–Kier alpha value is -0.570. The predicted octanol–water partition coefficient (Wildman–Crippen LogP) is -1.65. The van der Waals surface area contributed by atoms with Crippen LogP contribution in [0.3, 0.4) is 0 Å². The van der Waals surface area contributed by atoms with Crippen LogP contribution in [-0.4, -0.2) is 27.9 Å². The van der Waals surface area contributed by atoms with E-state index in [0.29, 0.717) is 0 Å². The van der Waals surface area contributed by atoms with E-state index in [4.69, 9.17) is 0 Å². The van der Waals surface area contributed by atoms with Gasteiger partial charge in [-0.05, 0) is 19.1 Å². The van der Waals surface area contributed by atoms with Crippen LogP contribution in [-0.2, 0) is 6.54 Å². The van der Waals surface area contributed by atoms with Gasteiger partial charge in [-0.1, -0.05) is 0 Å². The Kier molecular flexibility index (Phi) is 3.31. The average Bonchev–Trinajstić information content (AvgIpc) is 2.53.